The summed E-state index contributed by atoms with van der Waals surface area (Å²) in [5.74, 6) is 1.50. The Morgan fingerprint density at radius 1 is 1.09 bits per heavy atom. The van der Waals surface area contributed by atoms with Crippen LogP contribution in [0.1, 0.15) is 40.2 Å². The molecule has 0 spiro atoms. The van der Waals surface area contributed by atoms with Crippen LogP contribution in [0.3, 0.4) is 0 Å². The fourth-order valence-electron chi connectivity index (χ4n) is 3.88. The molecule has 2 unspecified atom stereocenters. The first-order valence-electron chi connectivity index (χ1n) is 8.45. The molecular formula is C19H26N4. The maximum atomic E-state index is 4.49. The zero-order chi connectivity index (χ0) is 16.8. The van der Waals surface area contributed by atoms with Crippen LogP contribution in [-0.2, 0) is 5.41 Å². The van der Waals surface area contributed by atoms with Gasteiger partial charge in [-0.3, -0.25) is 0 Å². The highest BCUT2D eigenvalue weighted by Gasteiger charge is 2.50. The predicted octanol–water partition coefficient (Wildman–Crippen LogP) is 4.34. The summed E-state index contributed by atoms with van der Waals surface area (Å²) in [5.41, 5.74) is 3.92. The lowest BCUT2D eigenvalue weighted by Gasteiger charge is -2.49. The number of aromatic nitrogens is 2. The van der Waals surface area contributed by atoms with Crippen molar-refractivity contribution in [3.05, 3.63) is 42.4 Å². The van der Waals surface area contributed by atoms with Gasteiger partial charge in [-0.2, -0.15) is 0 Å². The highest BCUT2D eigenvalue weighted by molar-refractivity contribution is 5.83. The van der Waals surface area contributed by atoms with E-state index >= 15 is 0 Å². The van der Waals surface area contributed by atoms with E-state index in [9.17, 15) is 0 Å². The Morgan fingerprint density at radius 3 is 2.52 bits per heavy atom. The van der Waals surface area contributed by atoms with Crippen molar-refractivity contribution in [1.29, 1.82) is 0 Å². The Labute approximate surface area is 139 Å². The molecule has 1 aromatic heterocycles. The molecule has 3 heterocycles. The predicted molar refractivity (Wildman–Crippen MR) is 96.3 cm³/mol. The minimum atomic E-state index is 0.126. The Kier molecular flexibility index (Phi) is 3.78. The van der Waals surface area contributed by atoms with Gasteiger partial charge in [0.05, 0.1) is 6.20 Å². The summed E-state index contributed by atoms with van der Waals surface area (Å²) in [4.78, 5) is 13.4. The minimum absolute atomic E-state index is 0.126. The largest absolute Gasteiger partial charge is 0.337 e. The number of hydrogen-bond donors (Lipinski definition) is 0. The molecule has 1 aromatic carbocycles. The SMILES string of the molecule is CC.CC1C2N(C)c3ncncc3N2c2ccccc2C1(C)C. The topological polar surface area (TPSA) is 32.3 Å². The summed E-state index contributed by atoms with van der Waals surface area (Å²) < 4.78 is 0. The molecule has 0 saturated heterocycles. The first-order chi connectivity index (χ1) is 11.0. The van der Waals surface area contributed by atoms with E-state index in [-0.39, 0.29) is 5.41 Å². The van der Waals surface area contributed by atoms with Crippen molar-refractivity contribution in [3.63, 3.8) is 0 Å². The summed E-state index contributed by atoms with van der Waals surface area (Å²) in [5, 5.41) is 0. The summed E-state index contributed by atoms with van der Waals surface area (Å²) in [7, 11) is 2.14. The molecule has 0 radical (unpaired) electrons. The molecule has 0 bridgehead atoms. The van der Waals surface area contributed by atoms with E-state index in [4.69, 9.17) is 0 Å². The van der Waals surface area contributed by atoms with E-state index < -0.39 is 0 Å². The third kappa shape index (κ3) is 2.04. The van der Waals surface area contributed by atoms with Crippen LogP contribution in [0.2, 0.25) is 0 Å². The number of benzene rings is 1. The van der Waals surface area contributed by atoms with Crippen molar-refractivity contribution in [2.45, 2.75) is 46.2 Å². The second-order valence-electron chi connectivity index (χ2n) is 6.65. The van der Waals surface area contributed by atoms with Crippen LogP contribution in [-0.4, -0.2) is 23.2 Å². The third-order valence-electron chi connectivity index (χ3n) is 5.37. The lowest BCUT2D eigenvalue weighted by atomic mass is 9.69. The number of para-hydroxylation sites is 1. The molecule has 2 aliphatic heterocycles. The molecule has 23 heavy (non-hydrogen) atoms. The van der Waals surface area contributed by atoms with Crippen molar-refractivity contribution in [1.82, 2.24) is 9.97 Å². The Hall–Kier alpha value is -2.10. The fourth-order valence-corrected chi connectivity index (χ4v) is 3.88. The van der Waals surface area contributed by atoms with Gasteiger partial charge in [0.15, 0.2) is 5.82 Å². The highest BCUT2D eigenvalue weighted by atomic mass is 15.4. The molecule has 122 valence electrons. The molecule has 0 saturated carbocycles. The molecular weight excluding hydrogens is 284 g/mol. The van der Waals surface area contributed by atoms with Crippen LogP contribution in [0.25, 0.3) is 0 Å². The molecule has 4 rings (SSSR count). The lowest BCUT2D eigenvalue weighted by Crippen LogP contribution is -2.53. The van der Waals surface area contributed by atoms with Crippen molar-refractivity contribution < 1.29 is 0 Å². The van der Waals surface area contributed by atoms with Gasteiger partial charge in [0, 0.05) is 18.7 Å². The Balaban J connectivity index is 0.000000753. The van der Waals surface area contributed by atoms with Crippen LogP contribution in [0.4, 0.5) is 17.2 Å². The van der Waals surface area contributed by atoms with Crippen molar-refractivity contribution in [3.8, 4) is 0 Å². The van der Waals surface area contributed by atoms with Gasteiger partial charge < -0.3 is 9.80 Å². The molecule has 0 fully saturated rings. The van der Waals surface area contributed by atoms with Gasteiger partial charge in [-0.05, 0) is 17.0 Å². The Bertz CT molecular complexity index is 710. The maximum absolute atomic E-state index is 4.49. The molecule has 2 aromatic rings. The number of rotatable bonds is 0. The average Bonchev–Trinajstić information content (AvgIpc) is 2.88. The summed E-state index contributed by atoms with van der Waals surface area (Å²) in [6.07, 6.45) is 3.86. The van der Waals surface area contributed by atoms with E-state index in [1.165, 1.54) is 11.3 Å². The van der Waals surface area contributed by atoms with Gasteiger partial charge in [-0.15, -0.1) is 0 Å². The molecule has 0 N–H and O–H groups in total. The Morgan fingerprint density at radius 2 is 1.78 bits per heavy atom. The minimum Gasteiger partial charge on any atom is -0.337 e. The summed E-state index contributed by atoms with van der Waals surface area (Å²) in [6, 6.07) is 8.72. The monoisotopic (exact) mass is 310 g/mol. The normalized spacial score (nSPS) is 23.4. The molecule has 0 aliphatic carbocycles. The number of nitrogens with zero attached hydrogens (tertiary/aromatic N) is 4. The van der Waals surface area contributed by atoms with Crippen molar-refractivity contribution in [2.24, 2.45) is 5.92 Å². The van der Waals surface area contributed by atoms with E-state index in [0.717, 1.165) is 11.5 Å². The standard InChI is InChI=1S/C17H20N4.C2H6/c1-11-16-20(4)15-14(9-18-10-19-15)21(16)13-8-6-5-7-12(13)17(11,2)3;1-2/h5-11,16H,1-4H3;1-2H3. The highest BCUT2D eigenvalue weighted by Crippen LogP contribution is 2.54. The van der Waals surface area contributed by atoms with Gasteiger partial charge in [0.2, 0.25) is 0 Å². The van der Waals surface area contributed by atoms with E-state index in [2.05, 4.69) is 71.9 Å². The number of anilines is 3. The molecule has 4 heteroatoms. The zero-order valence-electron chi connectivity index (χ0n) is 14.9. The lowest BCUT2D eigenvalue weighted by molar-refractivity contribution is 0.276. The second kappa shape index (κ2) is 5.52. The van der Waals surface area contributed by atoms with Gasteiger partial charge >= 0.3 is 0 Å². The van der Waals surface area contributed by atoms with Crippen LogP contribution >= 0.6 is 0 Å². The third-order valence-corrected chi connectivity index (χ3v) is 5.37. The van der Waals surface area contributed by atoms with Gasteiger partial charge in [0.25, 0.3) is 0 Å². The second-order valence-corrected chi connectivity index (χ2v) is 6.65. The molecule has 4 nitrogen and oxygen atoms in total. The first-order valence-corrected chi connectivity index (χ1v) is 8.45. The van der Waals surface area contributed by atoms with Gasteiger partial charge in [-0.1, -0.05) is 52.8 Å². The van der Waals surface area contributed by atoms with Crippen molar-refractivity contribution in [2.75, 3.05) is 16.8 Å². The van der Waals surface area contributed by atoms with Crippen LogP contribution < -0.4 is 9.80 Å². The molecule has 0 amide bonds. The smallest absolute Gasteiger partial charge is 0.157 e. The molecule has 2 atom stereocenters. The summed E-state index contributed by atoms with van der Waals surface area (Å²) >= 11 is 0. The van der Waals surface area contributed by atoms with Crippen LogP contribution in [0.5, 0.6) is 0 Å². The number of hydrogen-bond acceptors (Lipinski definition) is 4. The maximum Gasteiger partial charge on any atom is 0.157 e. The van der Waals surface area contributed by atoms with E-state index in [0.29, 0.717) is 12.1 Å². The van der Waals surface area contributed by atoms with Gasteiger partial charge in [0.1, 0.15) is 18.2 Å². The van der Waals surface area contributed by atoms with E-state index in [1.807, 2.05) is 20.0 Å². The van der Waals surface area contributed by atoms with Crippen LogP contribution in [0.15, 0.2) is 36.8 Å². The fraction of sp³-hybridized carbons (Fsp3) is 0.474. The van der Waals surface area contributed by atoms with Gasteiger partial charge in [-0.25, -0.2) is 9.97 Å². The van der Waals surface area contributed by atoms with Crippen molar-refractivity contribution >= 4 is 17.2 Å². The molecule has 2 aliphatic rings. The quantitative estimate of drug-likeness (QED) is 0.724. The van der Waals surface area contributed by atoms with Crippen LogP contribution in [0, 0.1) is 5.92 Å². The van der Waals surface area contributed by atoms with E-state index in [1.54, 1.807) is 6.33 Å². The average molecular weight is 310 g/mol. The zero-order valence-corrected chi connectivity index (χ0v) is 14.9. The number of fused-ring (bicyclic) bond motifs is 5. The summed E-state index contributed by atoms with van der Waals surface area (Å²) in [6.45, 7) is 11.0. The first kappa shape index (κ1) is 15.8.